The van der Waals surface area contributed by atoms with Crippen molar-refractivity contribution in [1.82, 2.24) is 9.97 Å². The standard InChI is InChI=1S/C28H17N3O2/c1-2-7-18(8-3-1)31(19-12-13-24-21(17-19)26-25(32-24)11-6-15-29-26)22-14-16-30-27-20-9-4-5-10-23(20)33-28(22)27/h1-17H. The fourth-order valence-electron chi connectivity index (χ4n) is 4.50. The molecule has 0 bridgehead atoms. The molecule has 0 radical (unpaired) electrons. The lowest BCUT2D eigenvalue weighted by Gasteiger charge is -2.25. The molecule has 0 aliphatic heterocycles. The molecule has 156 valence electrons. The quantitative estimate of drug-likeness (QED) is 0.289. The van der Waals surface area contributed by atoms with Crippen molar-refractivity contribution < 1.29 is 8.83 Å². The molecule has 0 saturated heterocycles. The Morgan fingerprint density at radius 1 is 0.545 bits per heavy atom. The van der Waals surface area contributed by atoms with E-state index < -0.39 is 0 Å². The molecule has 33 heavy (non-hydrogen) atoms. The van der Waals surface area contributed by atoms with Crippen LogP contribution in [0.4, 0.5) is 17.1 Å². The van der Waals surface area contributed by atoms with Crippen molar-refractivity contribution in [2.24, 2.45) is 0 Å². The number of hydrogen-bond acceptors (Lipinski definition) is 5. The molecule has 0 saturated carbocycles. The lowest BCUT2D eigenvalue weighted by atomic mass is 10.1. The summed E-state index contributed by atoms with van der Waals surface area (Å²) in [6, 6.07) is 30.3. The number of rotatable bonds is 3. The first-order valence-corrected chi connectivity index (χ1v) is 10.8. The van der Waals surface area contributed by atoms with E-state index in [-0.39, 0.29) is 0 Å². The highest BCUT2D eigenvalue weighted by Gasteiger charge is 2.20. The molecule has 3 aromatic carbocycles. The minimum absolute atomic E-state index is 0.748. The first-order chi connectivity index (χ1) is 16.4. The molecular formula is C28H17N3O2. The van der Waals surface area contributed by atoms with E-state index in [0.29, 0.717) is 0 Å². The Morgan fingerprint density at radius 2 is 1.33 bits per heavy atom. The molecule has 7 aromatic rings. The Hall–Kier alpha value is -4.64. The molecule has 0 fully saturated rings. The molecule has 5 heteroatoms. The van der Waals surface area contributed by atoms with Crippen LogP contribution in [-0.2, 0) is 0 Å². The van der Waals surface area contributed by atoms with Crippen LogP contribution in [0.3, 0.4) is 0 Å². The molecule has 0 unspecified atom stereocenters. The van der Waals surface area contributed by atoms with Crippen LogP contribution in [0.2, 0.25) is 0 Å². The molecule has 0 atom stereocenters. The SMILES string of the molecule is c1ccc(N(c2ccc3oc4cccnc4c3c2)c2ccnc3c2oc2ccccc23)cc1. The average Bonchev–Trinajstić information content (AvgIpc) is 3.44. The zero-order valence-electron chi connectivity index (χ0n) is 17.5. The Morgan fingerprint density at radius 3 is 2.27 bits per heavy atom. The second kappa shape index (κ2) is 6.93. The normalized spacial score (nSPS) is 11.6. The van der Waals surface area contributed by atoms with Crippen LogP contribution in [-0.4, -0.2) is 9.97 Å². The molecular weight excluding hydrogens is 410 g/mol. The van der Waals surface area contributed by atoms with Gasteiger partial charge in [-0.05, 0) is 60.7 Å². The molecule has 4 aromatic heterocycles. The first kappa shape index (κ1) is 18.0. The summed E-state index contributed by atoms with van der Waals surface area (Å²) in [6.07, 6.45) is 3.63. The third kappa shape index (κ3) is 2.72. The van der Waals surface area contributed by atoms with E-state index in [0.717, 1.165) is 61.2 Å². The number of fused-ring (bicyclic) bond motifs is 6. The van der Waals surface area contributed by atoms with Gasteiger partial charge in [-0.2, -0.15) is 0 Å². The van der Waals surface area contributed by atoms with Gasteiger partial charge in [-0.1, -0.05) is 30.3 Å². The first-order valence-electron chi connectivity index (χ1n) is 10.8. The van der Waals surface area contributed by atoms with Gasteiger partial charge in [0.05, 0.1) is 5.69 Å². The van der Waals surface area contributed by atoms with Crippen molar-refractivity contribution in [2.75, 3.05) is 4.90 Å². The van der Waals surface area contributed by atoms with Gasteiger partial charge < -0.3 is 13.7 Å². The Labute approximate surface area is 188 Å². The van der Waals surface area contributed by atoms with E-state index in [1.807, 2.05) is 72.9 Å². The monoisotopic (exact) mass is 427 g/mol. The topological polar surface area (TPSA) is 55.3 Å². The predicted octanol–water partition coefficient (Wildman–Crippen LogP) is 7.75. The number of benzene rings is 3. The van der Waals surface area contributed by atoms with E-state index >= 15 is 0 Å². The number of anilines is 3. The summed E-state index contributed by atoms with van der Waals surface area (Å²) in [5, 5.41) is 1.97. The van der Waals surface area contributed by atoms with Crippen LogP contribution in [0.25, 0.3) is 44.1 Å². The zero-order chi connectivity index (χ0) is 21.8. The second-order valence-corrected chi connectivity index (χ2v) is 7.91. The summed E-state index contributed by atoms with van der Waals surface area (Å²) >= 11 is 0. The molecule has 0 amide bonds. The smallest absolute Gasteiger partial charge is 0.177 e. The van der Waals surface area contributed by atoms with Crippen molar-refractivity contribution in [3.63, 3.8) is 0 Å². The fourth-order valence-corrected chi connectivity index (χ4v) is 4.50. The number of hydrogen-bond donors (Lipinski definition) is 0. The average molecular weight is 427 g/mol. The summed E-state index contributed by atoms with van der Waals surface area (Å²) in [7, 11) is 0. The van der Waals surface area contributed by atoms with Gasteiger partial charge in [0, 0.05) is 34.5 Å². The Kier molecular flexibility index (Phi) is 3.78. The summed E-state index contributed by atoms with van der Waals surface area (Å²) in [5.41, 5.74) is 7.77. The van der Waals surface area contributed by atoms with Crippen LogP contribution in [0, 0.1) is 0 Å². The third-order valence-corrected chi connectivity index (χ3v) is 5.96. The van der Waals surface area contributed by atoms with Gasteiger partial charge in [0.15, 0.2) is 11.2 Å². The summed E-state index contributed by atoms with van der Waals surface area (Å²) in [4.78, 5) is 11.4. The summed E-state index contributed by atoms with van der Waals surface area (Å²) < 4.78 is 12.3. The molecule has 5 nitrogen and oxygen atoms in total. The molecule has 4 heterocycles. The van der Waals surface area contributed by atoms with Gasteiger partial charge in [0.25, 0.3) is 0 Å². The van der Waals surface area contributed by atoms with Gasteiger partial charge in [-0.25, -0.2) is 0 Å². The highest BCUT2D eigenvalue weighted by Crippen LogP contribution is 2.42. The lowest BCUT2D eigenvalue weighted by Crippen LogP contribution is -2.10. The van der Waals surface area contributed by atoms with Crippen LogP contribution >= 0.6 is 0 Å². The summed E-state index contributed by atoms with van der Waals surface area (Å²) in [5.74, 6) is 0. The second-order valence-electron chi connectivity index (χ2n) is 7.91. The van der Waals surface area contributed by atoms with Crippen molar-refractivity contribution >= 4 is 61.2 Å². The van der Waals surface area contributed by atoms with Crippen molar-refractivity contribution in [2.45, 2.75) is 0 Å². The molecule has 7 rings (SSSR count). The largest absolute Gasteiger partial charge is 0.454 e. The van der Waals surface area contributed by atoms with Gasteiger partial charge in [0.2, 0.25) is 0 Å². The zero-order valence-corrected chi connectivity index (χ0v) is 17.5. The summed E-state index contributed by atoms with van der Waals surface area (Å²) in [6.45, 7) is 0. The van der Waals surface area contributed by atoms with Crippen molar-refractivity contribution in [3.05, 3.63) is 103 Å². The minimum Gasteiger partial charge on any atom is -0.454 e. The van der Waals surface area contributed by atoms with E-state index in [2.05, 4.69) is 39.1 Å². The van der Waals surface area contributed by atoms with E-state index in [4.69, 9.17) is 8.83 Å². The van der Waals surface area contributed by atoms with Crippen LogP contribution in [0.15, 0.2) is 112 Å². The van der Waals surface area contributed by atoms with Crippen molar-refractivity contribution in [3.8, 4) is 0 Å². The predicted molar refractivity (Wildman–Crippen MR) is 131 cm³/mol. The highest BCUT2D eigenvalue weighted by atomic mass is 16.3. The van der Waals surface area contributed by atoms with Gasteiger partial charge in [-0.3, -0.25) is 9.97 Å². The number of aromatic nitrogens is 2. The maximum absolute atomic E-state index is 6.32. The van der Waals surface area contributed by atoms with Gasteiger partial charge >= 0.3 is 0 Å². The van der Waals surface area contributed by atoms with Crippen LogP contribution in [0.5, 0.6) is 0 Å². The fraction of sp³-hybridized carbons (Fsp3) is 0. The Balaban J connectivity index is 1.53. The lowest BCUT2D eigenvalue weighted by molar-refractivity contribution is 0.668. The molecule has 0 aliphatic carbocycles. The maximum atomic E-state index is 6.32. The third-order valence-electron chi connectivity index (χ3n) is 5.96. The maximum Gasteiger partial charge on any atom is 0.177 e. The number of nitrogens with zero attached hydrogens (tertiary/aromatic N) is 3. The Bertz CT molecular complexity index is 1780. The van der Waals surface area contributed by atoms with E-state index in [1.54, 1.807) is 6.20 Å². The number of furan rings is 2. The number of para-hydroxylation sites is 2. The molecule has 0 N–H and O–H groups in total. The van der Waals surface area contributed by atoms with Crippen LogP contribution < -0.4 is 4.90 Å². The van der Waals surface area contributed by atoms with Crippen LogP contribution in [0.1, 0.15) is 0 Å². The van der Waals surface area contributed by atoms with Crippen molar-refractivity contribution in [1.29, 1.82) is 0 Å². The van der Waals surface area contributed by atoms with Gasteiger partial charge in [-0.15, -0.1) is 0 Å². The number of pyridine rings is 2. The van der Waals surface area contributed by atoms with E-state index in [1.165, 1.54) is 0 Å². The molecule has 0 aliphatic rings. The van der Waals surface area contributed by atoms with E-state index in [9.17, 15) is 0 Å². The van der Waals surface area contributed by atoms with Gasteiger partial charge in [0.1, 0.15) is 22.2 Å². The molecule has 0 spiro atoms. The minimum atomic E-state index is 0.748. The highest BCUT2D eigenvalue weighted by molar-refractivity contribution is 6.09.